The van der Waals surface area contributed by atoms with E-state index in [-0.39, 0.29) is 12.1 Å². The lowest BCUT2D eigenvalue weighted by Crippen LogP contribution is -2.39. The molecule has 1 fully saturated rings. The molecule has 0 radical (unpaired) electrons. The van der Waals surface area contributed by atoms with Crippen LogP contribution in [-0.4, -0.2) is 23.8 Å². The number of hydrogen-bond acceptors (Lipinski definition) is 3. The van der Waals surface area contributed by atoms with Gasteiger partial charge in [0.25, 0.3) is 0 Å². The van der Waals surface area contributed by atoms with Crippen molar-refractivity contribution in [1.82, 2.24) is 5.32 Å². The van der Waals surface area contributed by atoms with Crippen molar-refractivity contribution in [2.45, 2.75) is 24.8 Å². The zero-order valence-corrected chi connectivity index (χ0v) is 10.5. The van der Waals surface area contributed by atoms with E-state index in [1.165, 1.54) is 8.66 Å². The summed E-state index contributed by atoms with van der Waals surface area (Å²) in [5, 5.41) is 12.6. The quantitative estimate of drug-likeness (QED) is 0.869. The molecule has 2 heterocycles. The van der Waals surface area contributed by atoms with Crippen LogP contribution < -0.4 is 5.32 Å². The zero-order chi connectivity index (χ0) is 10.2. The first-order chi connectivity index (χ1) is 6.63. The number of thiophene rings is 1. The Morgan fingerprint density at radius 1 is 1.71 bits per heavy atom. The first-order valence-corrected chi connectivity index (χ1v) is 6.35. The average molecular weight is 276 g/mol. The molecule has 1 aliphatic heterocycles. The topological polar surface area (TPSA) is 32.3 Å². The van der Waals surface area contributed by atoms with Crippen molar-refractivity contribution in [2.24, 2.45) is 0 Å². The fourth-order valence-electron chi connectivity index (χ4n) is 1.93. The van der Waals surface area contributed by atoms with Crippen molar-refractivity contribution in [3.05, 3.63) is 20.8 Å². The van der Waals surface area contributed by atoms with Crippen molar-refractivity contribution in [3.63, 3.8) is 0 Å². The highest BCUT2D eigenvalue weighted by Gasteiger charge is 2.35. The Balaban J connectivity index is 2.09. The average Bonchev–Trinajstić information content (AvgIpc) is 2.73. The monoisotopic (exact) mass is 275 g/mol. The maximum Gasteiger partial charge on any atom is 0.0701 e. The molecule has 1 aromatic heterocycles. The summed E-state index contributed by atoms with van der Waals surface area (Å²) in [7, 11) is 0. The minimum absolute atomic E-state index is 0.0822. The lowest BCUT2D eigenvalue weighted by Gasteiger charge is -2.20. The smallest absolute Gasteiger partial charge is 0.0701 e. The van der Waals surface area contributed by atoms with Gasteiger partial charge in [0, 0.05) is 22.9 Å². The summed E-state index contributed by atoms with van der Waals surface area (Å²) < 4.78 is 1.19. The summed E-state index contributed by atoms with van der Waals surface area (Å²) in [6.45, 7) is 3.27. The van der Waals surface area contributed by atoms with E-state index < -0.39 is 0 Å². The SMILES string of the molecule is CC1(CO)CC(c2ccc(Br)s2)CN1. The molecule has 0 aromatic carbocycles. The van der Waals surface area contributed by atoms with Gasteiger partial charge in [-0.1, -0.05) is 0 Å². The van der Waals surface area contributed by atoms with Crippen molar-refractivity contribution in [3.8, 4) is 0 Å². The van der Waals surface area contributed by atoms with Gasteiger partial charge in [-0.15, -0.1) is 11.3 Å². The fraction of sp³-hybridized carbons (Fsp3) is 0.600. The highest BCUT2D eigenvalue weighted by Crippen LogP contribution is 2.36. The standard InChI is InChI=1S/C10H14BrNOS/c1-10(6-13)4-7(5-12-10)8-2-3-9(11)14-8/h2-3,7,12-13H,4-6H2,1H3. The van der Waals surface area contributed by atoms with Crippen LogP contribution in [0.15, 0.2) is 15.9 Å². The predicted molar refractivity (Wildman–Crippen MR) is 62.9 cm³/mol. The van der Waals surface area contributed by atoms with Crippen LogP contribution in [0.2, 0.25) is 0 Å². The molecule has 2 atom stereocenters. The van der Waals surface area contributed by atoms with Gasteiger partial charge in [-0.05, 0) is 41.4 Å². The first-order valence-electron chi connectivity index (χ1n) is 4.74. The fourth-order valence-corrected chi connectivity index (χ4v) is 3.45. The summed E-state index contributed by atoms with van der Waals surface area (Å²) >= 11 is 5.26. The molecule has 1 aromatic rings. The molecule has 0 spiro atoms. The maximum absolute atomic E-state index is 9.23. The van der Waals surface area contributed by atoms with Crippen molar-refractivity contribution < 1.29 is 5.11 Å². The minimum Gasteiger partial charge on any atom is -0.394 e. The van der Waals surface area contributed by atoms with Crippen LogP contribution in [0.4, 0.5) is 0 Å². The number of nitrogens with one attached hydrogen (secondary N) is 1. The molecule has 2 nitrogen and oxygen atoms in total. The van der Waals surface area contributed by atoms with Crippen LogP contribution in [0.1, 0.15) is 24.1 Å². The van der Waals surface area contributed by atoms with E-state index in [4.69, 9.17) is 0 Å². The molecule has 2 N–H and O–H groups in total. The molecule has 14 heavy (non-hydrogen) atoms. The molecule has 0 saturated carbocycles. The summed E-state index contributed by atoms with van der Waals surface area (Å²) in [6.07, 6.45) is 1.02. The normalized spacial score (nSPS) is 32.4. The molecule has 1 saturated heterocycles. The number of rotatable bonds is 2. The predicted octanol–water partition coefficient (Wildman–Crippen LogP) is 2.34. The number of aliphatic hydroxyl groups is 1. The Morgan fingerprint density at radius 2 is 2.50 bits per heavy atom. The van der Waals surface area contributed by atoms with E-state index in [2.05, 4.69) is 40.3 Å². The van der Waals surface area contributed by atoms with E-state index in [1.807, 2.05) is 0 Å². The summed E-state index contributed by atoms with van der Waals surface area (Å²) in [6, 6.07) is 4.26. The van der Waals surface area contributed by atoms with Gasteiger partial charge in [-0.3, -0.25) is 0 Å². The van der Waals surface area contributed by atoms with Crippen LogP contribution in [0, 0.1) is 0 Å². The number of hydrogen-bond donors (Lipinski definition) is 2. The van der Waals surface area contributed by atoms with Crippen molar-refractivity contribution >= 4 is 27.3 Å². The third-order valence-electron chi connectivity index (χ3n) is 2.82. The number of aliphatic hydroxyl groups excluding tert-OH is 1. The Bertz CT molecular complexity index is 328. The van der Waals surface area contributed by atoms with Crippen LogP contribution >= 0.6 is 27.3 Å². The molecular formula is C10H14BrNOS. The maximum atomic E-state index is 9.23. The van der Waals surface area contributed by atoms with Crippen LogP contribution in [0.5, 0.6) is 0 Å². The van der Waals surface area contributed by atoms with Crippen LogP contribution in [0.3, 0.4) is 0 Å². The second kappa shape index (κ2) is 3.93. The van der Waals surface area contributed by atoms with Crippen molar-refractivity contribution in [1.29, 1.82) is 0 Å². The van der Waals surface area contributed by atoms with E-state index in [0.717, 1.165) is 13.0 Å². The minimum atomic E-state index is -0.0822. The molecular weight excluding hydrogens is 262 g/mol. The van der Waals surface area contributed by atoms with E-state index >= 15 is 0 Å². The van der Waals surface area contributed by atoms with Crippen LogP contribution in [-0.2, 0) is 0 Å². The van der Waals surface area contributed by atoms with E-state index in [0.29, 0.717) is 5.92 Å². The molecule has 2 unspecified atom stereocenters. The third-order valence-corrected chi connectivity index (χ3v) is 4.60. The Morgan fingerprint density at radius 3 is 3.00 bits per heavy atom. The largest absolute Gasteiger partial charge is 0.394 e. The first kappa shape index (κ1) is 10.6. The summed E-state index contributed by atoms with van der Waals surface area (Å²) in [5.41, 5.74) is -0.0822. The van der Waals surface area contributed by atoms with Crippen LogP contribution in [0.25, 0.3) is 0 Å². The lowest BCUT2D eigenvalue weighted by molar-refractivity contribution is 0.191. The van der Waals surface area contributed by atoms with Crippen molar-refractivity contribution in [2.75, 3.05) is 13.2 Å². The van der Waals surface area contributed by atoms with Gasteiger partial charge in [-0.25, -0.2) is 0 Å². The Kier molecular flexibility index (Phi) is 2.98. The Hall–Kier alpha value is 0.1000. The third kappa shape index (κ3) is 2.03. The van der Waals surface area contributed by atoms with E-state index in [1.54, 1.807) is 11.3 Å². The van der Waals surface area contributed by atoms with E-state index in [9.17, 15) is 5.11 Å². The van der Waals surface area contributed by atoms with Gasteiger partial charge >= 0.3 is 0 Å². The summed E-state index contributed by atoms with van der Waals surface area (Å²) in [4.78, 5) is 1.40. The van der Waals surface area contributed by atoms with Gasteiger partial charge in [0.15, 0.2) is 0 Å². The summed E-state index contributed by atoms with van der Waals surface area (Å²) in [5.74, 6) is 0.559. The molecule has 0 aliphatic carbocycles. The van der Waals surface area contributed by atoms with Gasteiger partial charge < -0.3 is 10.4 Å². The second-order valence-corrected chi connectivity index (χ2v) is 6.64. The molecule has 4 heteroatoms. The molecule has 2 rings (SSSR count). The Labute approximate surface area is 96.5 Å². The van der Waals surface area contributed by atoms with Gasteiger partial charge in [-0.2, -0.15) is 0 Å². The molecule has 78 valence electrons. The van der Waals surface area contributed by atoms with Gasteiger partial charge in [0.05, 0.1) is 10.4 Å². The molecule has 0 bridgehead atoms. The zero-order valence-electron chi connectivity index (χ0n) is 8.09. The van der Waals surface area contributed by atoms with Gasteiger partial charge in [0.2, 0.25) is 0 Å². The number of halogens is 1. The highest BCUT2D eigenvalue weighted by molar-refractivity contribution is 9.11. The second-order valence-electron chi connectivity index (χ2n) is 4.14. The lowest BCUT2D eigenvalue weighted by atomic mass is 9.95. The molecule has 0 amide bonds. The highest BCUT2D eigenvalue weighted by atomic mass is 79.9. The van der Waals surface area contributed by atoms with Gasteiger partial charge in [0.1, 0.15) is 0 Å². The molecule has 1 aliphatic rings.